The molecule has 0 aromatic rings. The van der Waals surface area contributed by atoms with Gasteiger partial charge in [-0.3, -0.25) is 4.79 Å². The molecule has 0 unspecified atom stereocenters. The molecule has 248 valence electrons. The molecule has 0 aliphatic heterocycles. The third-order valence-electron chi connectivity index (χ3n) is 6.69. The first-order valence-electron chi connectivity index (χ1n) is 17.3. The summed E-state index contributed by atoms with van der Waals surface area (Å²) in [6.07, 6.45) is 55.0. The van der Waals surface area contributed by atoms with Crippen molar-refractivity contribution in [1.82, 2.24) is 0 Å². The summed E-state index contributed by atoms with van der Waals surface area (Å²) in [6.45, 7) is 4.49. The van der Waals surface area contributed by atoms with Crippen LogP contribution >= 0.6 is 0 Å². The van der Waals surface area contributed by atoms with Crippen molar-refractivity contribution in [1.29, 1.82) is 0 Å². The van der Waals surface area contributed by atoms with E-state index in [1.165, 1.54) is 96.0 Å². The van der Waals surface area contributed by atoms with Gasteiger partial charge in [0, 0.05) is 12.5 Å². The average Bonchev–Trinajstić information content (AvgIpc) is 3.00. The number of aliphatic carboxylic acids is 2. The maximum absolute atomic E-state index is 10.3. The van der Waals surface area contributed by atoms with Gasteiger partial charge in [0.25, 0.3) is 0 Å². The van der Waals surface area contributed by atoms with Crippen molar-refractivity contribution < 1.29 is 19.8 Å². The van der Waals surface area contributed by atoms with Crippen LogP contribution in [0.15, 0.2) is 97.2 Å². The lowest BCUT2D eigenvalue weighted by molar-refractivity contribution is -0.137. The standard InChI is InChI=1S/C22H32O2.C18H32O2/c1-2-3-4-5-6-7-8-9-10-11-12-13-14-15-16-17-18-19-20-21-22(23)24;1-2-3-4-5-6-7-8-9-10-11-12-13-14-15-16-17-18(19)20/h10-21H,2-9H2,1H3,(H,23,24);6-7,9-10H,2-5,8,11-17H2,1H3,(H,19,20)/b;7-6-,10-9-. The van der Waals surface area contributed by atoms with Gasteiger partial charge in [0.1, 0.15) is 0 Å². The van der Waals surface area contributed by atoms with Crippen molar-refractivity contribution >= 4 is 11.9 Å². The molecule has 2 N–H and O–H groups in total. The van der Waals surface area contributed by atoms with Gasteiger partial charge in [-0.15, -0.1) is 0 Å². The van der Waals surface area contributed by atoms with Crippen LogP contribution in [0.4, 0.5) is 0 Å². The van der Waals surface area contributed by atoms with Crippen LogP contribution in [0, 0.1) is 0 Å². The van der Waals surface area contributed by atoms with E-state index in [2.05, 4.69) is 50.3 Å². The van der Waals surface area contributed by atoms with E-state index in [0.717, 1.165) is 38.2 Å². The minimum atomic E-state index is -0.936. The van der Waals surface area contributed by atoms with Gasteiger partial charge in [-0.2, -0.15) is 0 Å². The summed E-state index contributed by atoms with van der Waals surface area (Å²) in [5.41, 5.74) is 0. The first kappa shape index (κ1) is 43.0. The van der Waals surface area contributed by atoms with Gasteiger partial charge < -0.3 is 10.2 Å². The lowest BCUT2D eigenvalue weighted by atomic mass is 10.1. The Morgan fingerprint density at radius 3 is 1.32 bits per heavy atom. The molecular weight excluding hydrogens is 544 g/mol. The molecule has 0 atom stereocenters. The number of hydrogen-bond donors (Lipinski definition) is 2. The number of unbranched alkanes of at least 4 members (excludes halogenated alkanes) is 15. The quantitative estimate of drug-likeness (QED) is 0.0401. The molecule has 44 heavy (non-hydrogen) atoms. The van der Waals surface area contributed by atoms with Gasteiger partial charge in [-0.05, 0) is 51.4 Å². The fraction of sp³-hybridized carbons (Fsp3) is 0.550. The fourth-order valence-corrected chi connectivity index (χ4v) is 4.13. The third kappa shape index (κ3) is 45.8. The lowest BCUT2D eigenvalue weighted by Gasteiger charge is -1.98. The number of carbonyl (C=O) groups is 2. The molecule has 0 bridgehead atoms. The van der Waals surface area contributed by atoms with Gasteiger partial charge in [0.15, 0.2) is 0 Å². The highest BCUT2D eigenvalue weighted by atomic mass is 16.4. The van der Waals surface area contributed by atoms with Crippen LogP contribution in [-0.4, -0.2) is 22.2 Å². The number of allylic oxidation sites excluding steroid dienone is 15. The molecule has 0 aliphatic rings. The number of hydrogen-bond acceptors (Lipinski definition) is 2. The van der Waals surface area contributed by atoms with Gasteiger partial charge in [-0.25, -0.2) is 4.79 Å². The Balaban J connectivity index is 0. The second-order valence-corrected chi connectivity index (χ2v) is 10.9. The zero-order valence-electron chi connectivity index (χ0n) is 28.1. The monoisotopic (exact) mass is 608 g/mol. The zero-order chi connectivity index (χ0) is 32.6. The first-order valence-corrected chi connectivity index (χ1v) is 17.3. The van der Waals surface area contributed by atoms with Crippen molar-refractivity contribution in [2.75, 3.05) is 0 Å². The molecule has 0 aromatic heterocycles. The third-order valence-corrected chi connectivity index (χ3v) is 6.69. The molecule has 0 heterocycles. The predicted octanol–water partition coefficient (Wildman–Crippen LogP) is 12.4. The molecule has 0 aromatic carbocycles. The first-order chi connectivity index (χ1) is 21.5. The van der Waals surface area contributed by atoms with Crippen LogP contribution in [0.25, 0.3) is 0 Å². The minimum Gasteiger partial charge on any atom is -0.481 e. The SMILES string of the molecule is CCCCC/C=C\C/C=C\CCCCCCCC(=O)O.CCCCCCCCCC=CC=CC=CC=CC=CC=CC(=O)O. The molecule has 0 spiro atoms. The summed E-state index contributed by atoms with van der Waals surface area (Å²) >= 11 is 0. The van der Waals surface area contributed by atoms with E-state index in [4.69, 9.17) is 10.2 Å². The largest absolute Gasteiger partial charge is 0.481 e. The number of carboxylic acid groups (broad SMARTS) is 2. The highest BCUT2D eigenvalue weighted by Crippen LogP contribution is 2.09. The number of rotatable bonds is 28. The highest BCUT2D eigenvalue weighted by Gasteiger charge is 1.95. The predicted molar refractivity (Wildman–Crippen MR) is 192 cm³/mol. The van der Waals surface area contributed by atoms with E-state index in [1.807, 2.05) is 36.5 Å². The average molecular weight is 609 g/mol. The summed E-state index contributed by atoms with van der Waals surface area (Å²) < 4.78 is 0. The van der Waals surface area contributed by atoms with Crippen molar-refractivity contribution in [2.24, 2.45) is 0 Å². The number of carboxylic acids is 2. The fourth-order valence-electron chi connectivity index (χ4n) is 4.13. The second kappa shape index (κ2) is 39.9. The van der Waals surface area contributed by atoms with E-state index < -0.39 is 11.9 Å². The van der Waals surface area contributed by atoms with Crippen LogP contribution in [0.5, 0.6) is 0 Å². The van der Waals surface area contributed by atoms with Gasteiger partial charge in [-0.1, -0.05) is 176 Å². The molecule has 0 radical (unpaired) electrons. The van der Waals surface area contributed by atoms with Crippen LogP contribution in [0.1, 0.15) is 142 Å². The Kier molecular flexibility index (Phi) is 38.9. The molecule has 4 nitrogen and oxygen atoms in total. The zero-order valence-corrected chi connectivity index (χ0v) is 28.1. The summed E-state index contributed by atoms with van der Waals surface area (Å²) in [4.78, 5) is 20.5. The molecule has 0 rings (SSSR count). The van der Waals surface area contributed by atoms with Crippen molar-refractivity contribution in [3.8, 4) is 0 Å². The van der Waals surface area contributed by atoms with Crippen LogP contribution < -0.4 is 0 Å². The minimum absolute atomic E-state index is 0.324. The Labute approximate surface area is 270 Å². The van der Waals surface area contributed by atoms with E-state index in [1.54, 1.807) is 12.2 Å². The maximum atomic E-state index is 10.3. The highest BCUT2D eigenvalue weighted by molar-refractivity contribution is 5.80. The molecule has 0 aliphatic carbocycles. The molecule has 0 saturated carbocycles. The van der Waals surface area contributed by atoms with Crippen molar-refractivity contribution in [3.63, 3.8) is 0 Å². The van der Waals surface area contributed by atoms with Gasteiger partial charge in [0.2, 0.25) is 0 Å². The van der Waals surface area contributed by atoms with Crippen LogP contribution in [0.2, 0.25) is 0 Å². The van der Waals surface area contributed by atoms with E-state index in [0.29, 0.717) is 6.42 Å². The molecular formula is C40H64O4. The Morgan fingerprint density at radius 2 is 0.818 bits per heavy atom. The van der Waals surface area contributed by atoms with Crippen LogP contribution in [0.3, 0.4) is 0 Å². The molecule has 0 amide bonds. The second-order valence-electron chi connectivity index (χ2n) is 10.9. The molecule has 0 saturated heterocycles. The topological polar surface area (TPSA) is 74.6 Å². The Hall–Kier alpha value is -3.14. The summed E-state index contributed by atoms with van der Waals surface area (Å²) in [6, 6.07) is 0. The summed E-state index contributed by atoms with van der Waals surface area (Å²) in [7, 11) is 0. The van der Waals surface area contributed by atoms with Crippen molar-refractivity contribution in [3.05, 3.63) is 97.2 Å². The Bertz CT molecular complexity index is 868. The lowest BCUT2D eigenvalue weighted by Crippen LogP contribution is -1.93. The van der Waals surface area contributed by atoms with Gasteiger partial charge >= 0.3 is 11.9 Å². The normalized spacial score (nSPS) is 12.4. The maximum Gasteiger partial charge on any atom is 0.328 e. The summed E-state index contributed by atoms with van der Waals surface area (Å²) in [5.74, 6) is -1.61. The van der Waals surface area contributed by atoms with E-state index >= 15 is 0 Å². The van der Waals surface area contributed by atoms with Gasteiger partial charge in [0.05, 0.1) is 0 Å². The van der Waals surface area contributed by atoms with Crippen molar-refractivity contribution in [2.45, 2.75) is 142 Å². The summed E-state index contributed by atoms with van der Waals surface area (Å²) in [5, 5.41) is 16.9. The van der Waals surface area contributed by atoms with E-state index in [-0.39, 0.29) is 0 Å². The molecule has 0 fully saturated rings. The van der Waals surface area contributed by atoms with Crippen LogP contribution in [-0.2, 0) is 9.59 Å². The van der Waals surface area contributed by atoms with E-state index in [9.17, 15) is 9.59 Å². The Morgan fingerprint density at radius 1 is 0.432 bits per heavy atom. The molecule has 4 heteroatoms. The smallest absolute Gasteiger partial charge is 0.328 e.